The van der Waals surface area contributed by atoms with Crippen LogP contribution in [0.15, 0.2) is 46.9 Å². The van der Waals surface area contributed by atoms with Crippen LogP contribution in [-0.2, 0) is 6.54 Å². The van der Waals surface area contributed by atoms with Crippen LogP contribution in [0.2, 0.25) is 0 Å². The van der Waals surface area contributed by atoms with E-state index in [2.05, 4.69) is 26.6 Å². The average Bonchev–Trinajstić information content (AvgIpc) is 2.48. The van der Waals surface area contributed by atoms with Crippen molar-refractivity contribution in [2.45, 2.75) is 13.5 Å². The van der Waals surface area contributed by atoms with Gasteiger partial charge in [0.05, 0.1) is 5.56 Å². The van der Waals surface area contributed by atoms with E-state index < -0.39 is 11.7 Å². The molecule has 21 heavy (non-hydrogen) atoms. The van der Waals surface area contributed by atoms with Gasteiger partial charge in [-0.25, -0.2) is 4.39 Å². The highest BCUT2D eigenvalue weighted by Gasteiger charge is 2.13. The number of rotatable bonds is 5. The normalized spacial score (nSPS) is 10.4. The van der Waals surface area contributed by atoms with Crippen LogP contribution in [-0.4, -0.2) is 12.5 Å². The molecule has 0 aromatic heterocycles. The molecule has 0 atom stereocenters. The van der Waals surface area contributed by atoms with E-state index >= 15 is 0 Å². The first-order valence-corrected chi connectivity index (χ1v) is 7.46. The van der Waals surface area contributed by atoms with Crippen molar-refractivity contribution in [3.8, 4) is 0 Å². The minimum Gasteiger partial charge on any atom is -0.322 e. The predicted molar refractivity (Wildman–Crippen MR) is 85.9 cm³/mol. The van der Waals surface area contributed by atoms with Crippen LogP contribution in [0.3, 0.4) is 0 Å². The van der Waals surface area contributed by atoms with Crippen LogP contribution in [0.5, 0.6) is 0 Å². The molecule has 0 spiro atoms. The minimum absolute atomic E-state index is 0.0163. The lowest BCUT2D eigenvalue weighted by molar-refractivity contribution is 0.102. The van der Waals surface area contributed by atoms with E-state index in [4.69, 9.17) is 0 Å². The number of nitrogens with one attached hydrogen (secondary N) is 2. The number of carbonyl (C=O) groups excluding carboxylic acids is 1. The molecule has 0 saturated carbocycles. The van der Waals surface area contributed by atoms with Crippen LogP contribution >= 0.6 is 15.9 Å². The fraction of sp³-hybridized carbons (Fsp3) is 0.188. The summed E-state index contributed by atoms with van der Waals surface area (Å²) >= 11 is 3.24. The van der Waals surface area contributed by atoms with Crippen molar-refractivity contribution in [1.82, 2.24) is 5.32 Å². The predicted octanol–water partition coefficient (Wildman–Crippen LogP) is 3.95. The Morgan fingerprint density at radius 3 is 2.76 bits per heavy atom. The van der Waals surface area contributed by atoms with Gasteiger partial charge in [-0.15, -0.1) is 0 Å². The summed E-state index contributed by atoms with van der Waals surface area (Å²) in [6.07, 6.45) is 0. The van der Waals surface area contributed by atoms with Crippen molar-refractivity contribution in [2.75, 3.05) is 11.9 Å². The lowest BCUT2D eigenvalue weighted by atomic mass is 10.1. The molecule has 3 nitrogen and oxygen atoms in total. The number of halogens is 2. The Hall–Kier alpha value is -1.72. The molecule has 1 amide bonds. The summed E-state index contributed by atoms with van der Waals surface area (Å²) in [6, 6.07) is 11.8. The Labute approximate surface area is 131 Å². The molecule has 2 aromatic rings. The van der Waals surface area contributed by atoms with Crippen LogP contribution in [0.4, 0.5) is 10.1 Å². The van der Waals surface area contributed by atoms with Crippen molar-refractivity contribution in [3.05, 3.63) is 63.9 Å². The van der Waals surface area contributed by atoms with Crippen molar-refractivity contribution in [2.24, 2.45) is 0 Å². The second kappa shape index (κ2) is 7.33. The maximum atomic E-state index is 13.7. The highest BCUT2D eigenvalue weighted by Crippen LogP contribution is 2.19. The van der Waals surface area contributed by atoms with Crippen molar-refractivity contribution < 1.29 is 9.18 Å². The van der Waals surface area contributed by atoms with E-state index in [0.29, 0.717) is 16.7 Å². The van der Waals surface area contributed by atoms with Gasteiger partial charge in [0.1, 0.15) is 5.82 Å². The first-order chi connectivity index (χ1) is 10.1. The largest absolute Gasteiger partial charge is 0.322 e. The fourth-order valence-corrected chi connectivity index (χ4v) is 2.28. The third kappa shape index (κ3) is 4.12. The SMILES string of the molecule is CCNCc1ccccc1NC(=O)c1cc(Br)ccc1F. The first-order valence-electron chi connectivity index (χ1n) is 6.67. The van der Waals surface area contributed by atoms with Gasteiger partial charge in [0.2, 0.25) is 0 Å². The molecular formula is C16H16BrFN2O. The van der Waals surface area contributed by atoms with E-state index in [1.165, 1.54) is 12.1 Å². The standard InChI is InChI=1S/C16H16BrFN2O/c1-2-19-10-11-5-3-4-6-15(11)20-16(21)13-9-12(17)7-8-14(13)18/h3-9,19H,2,10H2,1H3,(H,20,21). The van der Waals surface area contributed by atoms with Gasteiger partial charge in [-0.2, -0.15) is 0 Å². The fourth-order valence-electron chi connectivity index (χ4n) is 1.92. The zero-order valence-corrected chi connectivity index (χ0v) is 13.2. The molecule has 0 heterocycles. The molecule has 0 unspecified atom stereocenters. The van der Waals surface area contributed by atoms with Gasteiger partial charge >= 0.3 is 0 Å². The number of carbonyl (C=O) groups is 1. The van der Waals surface area contributed by atoms with Gasteiger partial charge in [-0.3, -0.25) is 4.79 Å². The molecular weight excluding hydrogens is 335 g/mol. The number of hydrogen-bond acceptors (Lipinski definition) is 2. The van der Waals surface area contributed by atoms with E-state index in [9.17, 15) is 9.18 Å². The smallest absolute Gasteiger partial charge is 0.258 e. The van der Waals surface area contributed by atoms with E-state index in [-0.39, 0.29) is 5.56 Å². The average molecular weight is 351 g/mol. The summed E-state index contributed by atoms with van der Waals surface area (Å²) in [5.74, 6) is -1.00. The third-order valence-corrected chi connectivity index (χ3v) is 3.50. The van der Waals surface area contributed by atoms with E-state index in [1.807, 2.05) is 25.1 Å². The van der Waals surface area contributed by atoms with Crippen molar-refractivity contribution >= 4 is 27.5 Å². The van der Waals surface area contributed by atoms with Crippen LogP contribution in [0, 0.1) is 5.82 Å². The van der Waals surface area contributed by atoms with Gasteiger partial charge < -0.3 is 10.6 Å². The van der Waals surface area contributed by atoms with Gasteiger partial charge in [0.25, 0.3) is 5.91 Å². The highest BCUT2D eigenvalue weighted by atomic mass is 79.9. The maximum absolute atomic E-state index is 13.7. The molecule has 0 fully saturated rings. The van der Waals surface area contributed by atoms with Gasteiger partial charge in [0, 0.05) is 16.7 Å². The molecule has 0 radical (unpaired) electrons. The molecule has 0 bridgehead atoms. The van der Waals surface area contributed by atoms with E-state index in [0.717, 1.165) is 12.1 Å². The summed E-state index contributed by atoms with van der Waals surface area (Å²) in [5.41, 5.74) is 1.66. The summed E-state index contributed by atoms with van der Waals surface area (Å²) in [6.45, 7) is 3.49. The van der Waals surface area contributed by atoms with Gasteiger partial charge in [-0.05, 0) is 36.4 Å². The lowest BCUT2D eigenvalue weighted by Crippen LogP contribution is -2.18. The summed E-state index contributed by atoms with van der Waals surface area (Å²) in [7, 11) is 0. The number of amides is 1. The molecule has 2 N–H and O–H groups in total. The molecule has 2 rings (SSSR count). The first kappa shape index (κ1) is 15.7. The zero-order chi connectivity index (χ0) is 15.2. The lowest BCUT2D eigenvalue weighted by Gasteiger charge is -2.12. The molecule has 0 aliphatic heterocycles. The van der Waals surface area contributed by atoms with Crippen LogP contribution < -0.4 is 10.6 Å². The number of anilines is 1. The minimum atomic E-state index is -0.542. The quantitative estimate of drug-likeness (QED) is 0.857. The van der Waals surface area contributed by atoms with Gasteiger partial charge in [-0.1, -0.05) is 41.1 Å². The molecule has 2 aromatic carbocycles. The molecule has 0 saturated heterocycles. The topological polar surface area (TPSA) is 41.1 Å². The Balaban J connectivity index is 2.21. The summed E-state index contributed by atoms with van der Waals surface area (Å²) < 4.78 is 14.4. The zero-order valence-electron chi connectivity index (χ0n) is 11.6. The molecule has 0 aliphatic carbocycles. The monoisotopic (exact) mass is 350 g/mol. The van der Waals surface area contributed by atoms with E-state index in [1.54, 1.807) is 12.1 Å². The number of benzene rings is 2. The van der Waals surface area contributed by atoms with Gasteiger partial charge in [0.15, 0.2) is 0 Å². The van der Waals surface area contributed by atoms with Crippen LogP contribution in [0.1, 0.15) is 22.8 Å². The Kier molecular flexibility index (Phi) is 5.47. The number of para-hydroxylation sites is 1. The second-order valence-corrected chi connectivity index (χ2v) is 5.43. The number of hydrogen-bond donors (Lipinski definition) is 2. The Morgan fingerprint density at radius 2 is 2.00 bits per heavy atom. The van der Waals surface area contributed by atoms with Crippen molar-refractivity contribution in [3.63, 3.8) is 0 Å². The summed E-state index contributed by atoms with van der Waals surface area (Å²) in [4.78, 5) is 12.2. The maximum Gasteiger partial charge on any atom is 0.258 e. The molecule has 110 valence electrons. The molecule has 5 heteroatoms. The Morgan fingerprint density at radius 1 is 1.24 bits per heavy atom. The summed E-state index contributed by atoms with van der Waals surface area (Å²) in [5, 5.41) is 5.97. The van der Waals surface area contributed by atoms with Crippen molar-refractivity contribution in [1.29, 1.82) is 0 Å². The third-order valence-electron chi connectivity index (χ3n) is 3.00. The Bertz CT molecular complexity index is 646. The van der Waals surface area contributed by atoms with Crippen LogP contribution in [0.25, 0.3) is 0 Å². The second-order valence-electron chi connectivity index (χ2n) is 4.52. The highest BCUT2D eigenvalue weighted by molar-refractivity contribution is 9.10. The molecule has 0 aliphatic rings.